The summed E-state index contributed by atoms with van der Waals surface area (Å²) in [6.45, 7) is 3.18. The van der Waals surface area contributed by atoms with Gasteiger partial charge in [0.15, 0.2) is 10.2 Å². The number of anilines is 1. The molecule has 1 aromatic rings. The number of hydrazine groups is 1. The molecule has 5 nitrogen and oxygen atoms in total. The number of thiocarbonyl (C=S) groups is 2. The predicted octanol–water partition coefficient (Wildman–Crippen LogP) is 1.98. The maximum Gasteiger partial charge on any atom is 0.189 e. The molecule has 0 spiro atoms. The fraction of sp³-hybridized carbons (Fsp3) is 0.429. The van der Waals surface area contributed by atoms with E-state index in [1.165, 1.54) is 6.07 Å². The molecule has 1 aromatic carbocycles. The van der Waals surface area contributed by atoms with Crippen LogP contribution >= 0.6 is 24.4 Å². The summed E-state index contributed by atoms with van der Waals surface area (Å²) < 4.78 is 18.9. The number of benzene rings is 1. The summed E-state index contributed by atoms with van der Waals surface area (Å²) in [4.78, 5) is 0. The minimum atomic E-state index is -0.283. The lowest BCUT2D eigenvalue weighted by Crippen LogP contribution is -2.49. The fourth-order valence-electron chi connectivity index (χ4n) is 2.00. The minimum Gasteiger partial charge on any atom is -0.376 e. The standard InChI is InChI=1S/C14H19FN4OS2/c1-9-4-5-10(7-12(9)15)17-14(22)19-18-13(21)16-8-11-3-2-6-20-11/h4-5,7,11H,2-3,6,8H2,1H3,(H2,16,18,21)(H2,17,19,22)/t11-/m0/s1. The van der Waals surface area contributed by atoms with Gasteiger partial charge in [-0.3, -0.25) is 10.9 Å². The SMILES string of the molecule is Cc1ccc(NC(=S)NNC(=S)NC[C@@H]2CCCO2)cc1F. The van der Waals surface area contributed by atoms with Gasteiger partial charge < -0.3 is 15.4 Å². The Morgan fingerprint density at radius 2 is 2.09 bits per heavy atom. The second-order valence-corrected chi connectivity index (χ2v) is 5.83. The van der Waals surface area contributed by atoms with Crippen LogP contribution in [-0.4, -0.2) is 29.5 Å². The van der Waals surface area contributed by atoms with Crippen LogP contribution in [0.1, 0.15) is 18.4 Å². The second kappa shape index (κ2) is 8.21. The van der Waals surface area contributed by atoms with E-state index in [-0.39, 0.29) is 11.9 Å². The first-order valence-corrected chi connectivity index (χ1v) is 7.85. The highest BCUT2D eigenvalue weighted by molar-refractivity contribution is 7.80. The Morgan fingerprint density at radius 3 is 2.77 bits per heavy atom. The maximum absolute atomic E-state index is 13.4. The summed E-state index contributed by atoms with van der Waals surface area (Å²) in [7, 11) is 0. The second-order valence-electron chi connectivity index (χ2n) is 5.01. The Morgan fingerprint density at radius 1 is 1.32 bits per heavy atom. The zero-order valence-electron chi connectivity index (χ0n) is 12.2. The topological polar surface area (TPSA) is 57.3 Å². The Kier molecular flexibility index (Phi) is 6.29. The first kappa shape index (κ1) is 16.9. The molecule has 1 aliphatic rings. The van der Waals surface area contributed by atoms with Gasteiger partial charge in [0.25, 0.3) is 0 Å². The molecule has 0 aromatic heterocycles. The molecule has 1 fully saturated rings. The lowest BCUT2D eigenvalue weighted by molar-refractivity contribution is 0.114. The van der Waals surface area contributed by atoms with Crippen LogP contribution in [0, 0.1) is 12.7 Å². The van der Waals surface area contributed by atoms with Crippen LogP contribution in [0.25, 0.3) is 0 Å². The van der Waals surface area contributed by atoms with Crippen molar-refractivity contribution in [1.29, 1.82) is 0 Å². The van der Waals surface area contributed by atoms with E-state index in [0.717, 1.165) is 19.4 Å². The van der Waals surface area contributed by atoms with Crippen molar-refractivity contribution in [3.05, 3.63) is 29.6 Å². The van der Waals surface area contributed by atoms with E-state index >= 15 is 0 Å². The zero-order chi connectivity index (χ0) is 15.9. The van der Waals surface area contributed by atoms with E-state index in [1.807, 2.05) is 0 Å². The van der Waals surface area contributed by atoms with E-state index in [1.54, 1.807) is 19.1 Å². The van der Waals surface area contributed by atoms with E-state index in [0.29, 0.717) is 28.0 Å². The molecular formula is C14H19FN4OS2. The Bertz CT molecular complexity index is 550. The van der Waals surface area contributed by atoms with Crippen molar-refractivity contribution in [2.75, 3.05) is 18.5 Å². The molecule has 0 unspecified atom stereocenters. The molecule has 120 valence electrons. The Hall–Kier alpha value is -1.51. The highest BCUT2D eigenvalue weighted by Crippen LogP contribution is 2.13. The molecule has 0 bridgehead atoms. The van der Waals surface area contributed by atoms with Crippen molar-refractivity contribution in [2.45, 2.75) is 25.9 Å². The summed E-state index contributed by atoms with van der Waals surface area (Å²) in [5.74, 6) is -0.283. The highest BCUT2D eigenvalue weighted by Gasteiger charge is 2.15. The van der Waals surface area contributed by atoms with Crippen LogP contribution < -0.4 is 21.5 Å². The number of hydrogen-bond acceptors (Lipinski definition) is 3. The quantitative estimate of drug-likeness (QED) is 0.495. The summed E-state index contributed by atoms with van der Waals surface area (Å²) in [6, 6.07) is 4.82. The number of halogens is 1. The smallest absolute Gasteiger partial charge is 0.189 e. The van der Waals surface area contributed by atoms with Crippen LogP contribution in [0.4, 0.5) is 10.1 Å². The van der Waals surface area contributed by atoms with Gasteiger partial charge in [0, 0.05) is 18.8 Å². The first-order chi connectivity index (χ1) is 10.5. The van der Waals surface area contributed by atoms with Crippen molar-refractivity contribution in [3.8, 4) is 0 Å². The van der Waals surface area contributed by atoms with Gasteiger partial charge >= 0.3 is 0 Å². The predicted molar refractivity (Wildman–Crippen MR) is 93.2 cm³/mol. The summed E-state index contributed by atoms with van der Waals surface area (Å²) in [6.07, 6.45) is 2.34. The van der Waals surface area contributed by atoms with Crippen LogP contribution in [0.5, 0.6) is 0 Å². The molecule has 1 atom stereocenters. The molecule has 0 aliphatic carbocycles. The molecular weight excluding hydrogens is 323 g/mol. The fourth-order valence-corrected chi connectivity index (χ4v) is 2.31. The highest BCUT2D eigenvalue weighted by atomic mass is 32.1. The number of aryl methyl sites for hydroxylation is 1. The Labute approximate surface area is 140 Å². The Balaban J connectivity index is 1.68. The largest absolute Gasteiger partial charge is 0.376 e. The van der Waals surface area contributed by atoms with E-state index in [9.17, 15) is 4.39 Å². The molecule has 22 heavy (non-hydrogen) atoms. The average molecular weight is 342 g/mol. The molecule has 2 rings (SSSR count). The number of nitrogens with one attached hydrogen (secondary N) is 4. The molecule has 1 saturated heterocycles. The number of hydrogen-bond donors (Lipinski definition) is 4. The molecule has 4 N–H and O–H groups in total. The van der Waals surface area contributed by atoms with Crippen LogP contribution in [-0.2, 0) is 4.74 Å². The molecule has 0 amide bonds. The van der Waals surface area contributed by atoms with Crippen molar-refractivity contribution in [2.24, 2.45) is 0 Å². The van der Waals surface area contributed by atoms with Gasteiger partial charge in [-0.1, -0.05) is 6.07 Å². The molecule has 1 aliphatic heterocycles. The van der Waals surface area contributed by atoms with Crippen LogP contribution in [0.3, 0.4) is 0 Å². The monoisotopic (exact) mass is 342 g/mol. The van der Waals surface area contributed by atoms with Gasteiger partial charge in [0.2, 0.25) is 0 Å². The van der Waals surface area contributed by atoms with E-state index < -0.39 is 0 Å². The first-order valence-electron chi connectivity index (χ1n) is 7.03. The summed E-state index contributed by atoms with van der Waals surface area (Å²) >= 11 is 10.2. The molecule has 8 heteroatoms. The molecule has 0 saturated carbocycles. The molecule has 0 radical (unpaired) electrons. The van der Waals surface area contributed by atoms with Crippen LogP contribution in [0.15, 0.2) is 18.2 Å². The number of ether oxygens (including phenoxy) is 1. The van der Waals surface area contributed by atoms with E-state index in [4.69, 9.17) is 29.2 Å². The van der Waals surface area contributed by atoms with Gasteiger partial charge in [-0.15, -0.1) is 0 Å². The summed E-state index contributed by atoms with van der Waals surface area (Å²) in [5.41, 5.74) is 6.67. The van der Waals surface area contributed by atoms with E-state index in [2.05, 4.69) is 21.5 Å². The normalized spacial score (nSPS) is 16.9. The number of rotatable bonds is 3. The maximum atomic E-state index is 13.4. The minimum absolute atomic E-state index is 0.209. The zero-order valence-corrected chi connectivity index (χ0v) is 13.9. The van der Waals surface area contributed by atoms with Crippen LogP contribution in [0.2, 0.25) is 0 Å². The average Bonchev–Trinajstić information content (AvgIpc) is 3.00. The van der Waals surface area contributed by atoms with Gasteiger partial charge in [0.1, 0.15) is 5.82 Å². The van der Waals surface area contributed by atoms with Gasteiger partial charge in [0.05, 0.1) is 6.10 Å². The van der Waals surface area contributed by atoms with Gasteiger partial charge in [-0.05, 0) is 61.9 Å². The van der Waals surface area contributed by atoms with Crippen molar-refractivity contribution in [1.82, 2.24) is 16.2 Å². The van der Waals surface area contributed by atoms with Crippen molar-refractivity contribution in [3.63, 3.8) is 0 Å². The lowest BCUT2D eigenvalue weighted by atomic mass is 10.2. The molecule has 1 heterocycles. The van der Waals surface area contributed by atoms with Gasteiger partial charge in [-0.2, -0.15) is 0 Å². The lowest BCUT2D eigenvalue weighted by Gasteiger charge is -2.16. The third kappa shape index (κ3) is 5.36. The third-order valence-corrected chi connectivity index (χ3v) is 3.68. The van der Waals surface area contributed by atoms with Crippen molar-refractivity contribution < 1.29 is 9.13 Å². The van der Waals surface area contributed by atoms with Gasteiger partial charge in [-0.25, -0.2) is 4.39 Å². The third-order valence-electron chi connectivity index (χ3n) is 3.23. The van der Waals surface area contributed by atoms with Crippen molar-refractivity contribution >= 4 is 40.3 Å². The summed E-state index contributed by atoms with van der Waals surface area (Å²) in [5, 5.41) is 6.64.